The van der Waals surface area contributed by atoms with E-state index < -0.39 is 28.5 Å². The summed E-state index contributed by atoms with van der Waals surface area (Å²) in [5.41, 5.74) is 1.99. The fourth-order valence-corrected chi connectivity index (χ4v) is 4.86. The largest absolute Gasteiger partial charge is 0.495 e. The molecule has 0 heterocycles. The molecule has 0 unspecified atom stereocenters. The van der Waals surface area contributed by atoms with E-state index in [9.17, 15) is 18.0 Å². The quantitative estimate of drug-likeness (QED) is 0.387. The van der Waals surface area contributed by atoms with Gasteiger partial charge in [0.2, 0.25) is 21.8 Å². The summed E-state index contributed by atoms with van der Waals surface area (Å²) >= 11 is 6.14. The van der Waals surface area contributed by atoms with Crippen molar-refractivity contribution in [2.75, 3.05) is 30.8 Å². The molecule has 0 saturated carbocycles. The van der Waals surface area contributed by atoms with Crippen molar-refractivity contribution in [3.8, 4) is 5.75 Å². The van der Waals surface area contributed by atoms with Crippen molar-refractivity contribution in [3.05, 3.63) is 58.6 Å². The number of hydrogen-bond acceptors (Lipinski definition) is 5. The molecule has 0 spiro atoms. The van der Waals surface area contributed by atoms with E-state index in [0.29, 0.717) is 18.0 Å². The highest BCUT2D eigenvalue weighted by Gasteiger charge is 2.32. The van der Waals surface area contributed by atoms with Gasteiger partial charge in [0.15, 0.2) is 0 Å². The zero-order valence-corrected chi connectivity index (χ0v) is 23.2. The second-order valence-corrected chi connectivity index (χ2v) is 10.9. The van der Waals surface area contributed by atoms with Crippen molar-refractivity contribution >= 4 is 39.1 Å². The minimum Gasteiger partial charge on any atom is -0.495 e. The van der Waals surface area contributed by atoms with Gasteiger partial charge in [0, 0.05) is 18.1 Å². The molecular formula is C26H36ClN3O5S. The minimum absolute atomic E-state index is 0.150. The Labute approximate surface area is 219 Å². The van der Waals surface area contributed by atoms with Crippen LogP contribution in [-0.2, 0) is 26.2 Å². The van der Waals surface area contributed by atoms with Gasteiger partial charge in [0.25, 0.3) is 0 Å². The number of carbonyl (C=O) groups excluding carboxylic acids is 2. The van der Waals surface area contributed by atoms with E-state index in [4.69, 9.17) is 16.3 Å². The molecule has 1 atom stereocenters. The average molecular weight is 538 g/mol. The van der Waals surface area contributed by atoms with Crippen LogP contribution in [0.3, 0.4) is 0 Å². The Hall–Kier alpha value is -2.78. The number of nitrogens with zero attached hydrogens (tertiary/aromatic N) is 2. The molecular weight excluding hydrogens is 502 g/mol. The molecule has 0 aliphatic carbocycles. The molecule has 2 aromatic carbocycles. The van der Waals surface area contributed by atoms with E-state index in [1.165, 1.54) is 18.1 Å². The molecule has 0 aliphatic heterocycles. The molecule has 0 fully saturated rings. The van der Waals surface area contributed by atoms with Gasteiger partial charge >= 0.3 is 0 Å². The van der Waals surface area contributed by atoms with Gasteiger partial charge in [0.05, 0.1) is 19.1 Å². The summed E-state index contributed by atoms with van der Waals surface area (Å²) in [6.07, 6.45) is 3.13. The molecule has 2 aromatic rings. The highest BCUT2D eigenvalue weighted by atomic mass is 35.5. The maximum Gasteiger partial charge on any atom is 0.244 e. The highest BCUT2D eigenvalue weighted by molar-refractivity contribution is 7.92. The molecule has 36 heavy (non-hydrogen) atoms. The average Bonchev–Trinajstić information content (AvgIpc) is 2.82. The van der Waals surface area contributed by atoms with Crippen molar-refractivity contribution in [3.63, 3.8) is 0 Å². The maximum absolute atomic E-state index is 13.8. The predicted octanol–water partition coefficient (Wildman–Crippen LogP) is 4.15. The minimum atomic E-state index is -3.90. The summed E-state index contributed by atoms with van der Waals surface area (Å²) in [7, 11) is -2.49. The number of benzene rings is 2. The zero-order valence-electron chi connectivity index (χ0n) is 21.6. The first kappa shape index (κ1) is 29.5. The Morgan fingerprint density at radius 2 is 1.83 bits per heavy atom. The van der Waals surface area contributed by atoms with Crippen LogP contribution in [0.15, 0.2) is 42.5 Å². The number of sulfonamides is 1. The van der Waals surface area contributed by atoms with Crippen molar-refractivity contribution in [2.45, 2.75) is 52.6 Å². The van der Waals surface area contributed by atoms with Gasteiger partial charge in [-0.25, -0.2) is 8.42 Å². The summed E-state index contributed by atoms with van der Waals surface area (Å²) in [5, 5.41) is 3.21. The van der Waals surface area contributed by atoms with Crippen LogP contribution in [-0.4, -0.2) is 57.6 Å². The molecule has 0 aromatic heterocycles. The SMILES string of the molecule is CCCCNC(=O)[C@H](CC)N(Cc1ccccc1C)C(=O)CN(c1cc(Cl)ccc1OC)S(C)(=O)=O. The topological polar surface area (TPSA) is 96.0 Å². The van der Waals surface area contributed by atoms with E-state index in [2.05, 4.69) is 5.32 Å². The van der Waals surface area contributed by atoms with Crippen LogP contribution < -0.4 is 14.4 Å². The van der Waals surface area contributed by atoms with E-state index in [1.54, 1.807) is 12.1 Å². The number of halogens is 1. The Morgan fingerprint density at radius 3 is 2.42 bits per heavy atom. The van der Waals surface area contributed by atoms with Crippen LogP contribution in [0, 0.1) is 6.92 Å². The Morgan fingerprint density at radius 1 is 1.14 bits per heavy atom. The van der Waals surface area contributed by atoms with Crippen LogP contribution in [0.25, 0.3) is 0 Å². The molecule has 0 saturated heterocycles. The molecule has 0 radical (unpaired) electrons. The number of nitrogens with one attached hydrogen (secondary N) is 1. The number of hydrogen-bond donors (Lipinski definition) is 1. The number of aryl methyl sites for hydroxylation is 1. The van der Waals surface area contributed by atoms with Crippen LogP contribution in [0.1, 0.15) is 44.2 Å². The number of anilines is 1. The Kier molecular flexibility index (Phi) is 11.0. The van der Waals surface area contributed by atoms with Gasteiger partial charge in [0.1, 0.15) is 18.3 Å². The van der Waals surface area contributed by atoms with Crippen molar-refractivity contribution < 1.29 is 22.7 Å². The third kappa shape index (κ3) is 7.86. The summed E-state index contributed by atoms with van der Waals surface area (Å²) in [5.74, 6) is -0.519. The monoisotopic (exact) mass is 537 g/mol. The molecule has 198 valence electrons. The van der Waals surface area contributed by atoms with E-state index in [1.807, 2.05) is 45.0 Å². The second kappa shape index (κ2) is 13.5. The van der Waals surface area contributed by atoms with Crippen molar-refractivity contribution in [1.82, 2.24) is 10.2 Å². The fourth-order valence-electron chi connectivity index (χ4n) is 3.85. The molecule has 1 N–H and O–H groups in total. The Balaban J connectivity index is 2.49. The van der Waals surface area contributed by atoms with Gasteiger partial charge in [-0.05, 0) is 49.1 Å². The van der Waals surface area contributed by atoms with Crippen LogP contribution in [0.4, 0.5) is 5.69 Å². The standard InChI is InChI=1S/C26H36ClN3O5S/c1-6-8-15-28-26(32)22(7-2)29(17-20-12-10-9-11-19(20)3)25(31)18-30(36(5,33)34)23-16-21(27)13-14-24(23)35-4/h9-14,16,22H,6-8,15,17-18H2,1-5H3,(H,28,32)/t22-/m0/s1. The normalized spacial score (nSPS) is 12.1. The summed E-state index contributed by atoms with van der Waals surface area (Å²) in [4.78, 5) is 28.3. The summed E-state index contributed by atoms with van der Waals surface area (Å²) < 4.78 is 31.9. The number of methoxy groups -OCH3 is 1. The predicted molar refractivity (Wildman–Crippen MR) is 144 cm³/mol. The van der Waals surface area contributed by atoms with Crippen LogP contribution in [0.2, 0.25) is 5.02 Å². The van der Waals surface area contributed by atoms with Crippen LogP contribution in [0.5, 0.6) is 5.75 Å². The molecule has 10 heteroatoms. The first-order valence-corrected chi connectivity index (χ1v) is 14.2. The number of ether oxygens (including phenoxy) is 1. The maximum atomic E-state index is 13.8. The lowest BCUT2D eigenvalue weighted by Crippen LogP contribution is -2.52. The highest BCUT2D eigenvalue weighted by Crippen LogP contribution is 2.33. The first-order valence-electron chi connectivity index (χ1n) is 12.0. The van der Waals surface area contributed by atoms with Crippen LogP contribution >= 0.6 is 11.6 Å². The fraction of sp³-hybridized carbons (Fsp3) is 0.462. The van der Waals surface area contributed by atoms with Gasteiger partial charge in [-0.15, -0.1) is 0 Å². The lowest BCUT2D eigenvalue weighted by Gasteiger charge is -2.33. The summed E-state index contributed by atoms with van der Waals surface area (Å²) in [6, 6.07) is 11.4. The lowest BCUT2D eigenvalue weighted by atomic mass is 10.1. The van der Waals surface area contributed by atoms with E-state index in [-0.39, 0.29) is 23.9 Å². The van der Waals surface area contributed by atoms with Gasteiger partial charge < -0.3 is 15.0 Å². The number of carbonyl (C=O) groups is 2. The molecule has 2 rings (SSSR count). The molecule has 0 bridgehead atoms. The number of amides is 2. The second-order valence-electron chi connectivity index (χ2n) is 8.60. The molecule has 0 aliphatic rings. The van der Waals surface area contributed by atoms with Gasteiger partial charge in [-0.2, -0.15) is 0 Å². The third-order valence-electron chi connectivity index (χ3n) is 5.91. The lowest BCUT2D eigenvalue weighted by molar-refractivity contribution is -0.140. The first-order chi connectivity index (χ1) is 17.0. The van der Waals surface area contributed by atoms with E-state index >= 15 is 0 Å². The van der Waals surface area contributed by atoms with Gasteiger partial charge in [-0.3, -0.25) is 13.9 Å². The number of rotatable bonds is 13. The third-order valence-corrected chi connectivity index (χ3v) is 7.27. The van der Waals surface area contributed by atoms with E-state index in [0.717, 1.165) is 34.5 Å². The molecule has 8 nitrogen and oxygen atoms in total. The Bertz CT molecular complexity index is 1160. The van der Waals surface area contributed by atoms with Crippen molar-refractivity contribution in [1.29, 1.82) is 0 Å². The van der Waals surface area contributed by atoms with Crippen molar-refractivity contribution in [2.24, 2.45) is 0 Å². The molecule has 2 amide bonds. The number of unbranched alkanes of at least 4 members (excludes halogenated alkanes) is 1. The zero-order chi connectivity index (χ0) is 26.9. The smallest absolute Gasteiger partial charge is 0.244 e. The summed E-state index contributed by atoms with van der Waals surface area (Å²) in [6.45, 7) is 5.95. The van der Waals surface area contributed by atoms with Gasteiger partial charge in [-0.1, -0.05) is 56.1 Å².